The molecule has 0 amide bonds. The lowest BCUT2D eigenvalue weighted by molar-refractivity contribution is 0.714. The van der Waals surface area contributed by atoms with Gasteiger partial charge in [-0.05, 0) is 145 Å². The lowest BCUT2D eigenvalue weighted by atomic mass is 9.67. The quantitative estimate of drug-likeness (QED) is 0.147. The molecule has 0 spiro atoms. The van der Waals surface area contributed by atoms with E-state index in [1.54, 1.807) is 0 Å². The summed E-state index contributed by atoms with van der Waals surface area (Å²) in [5, 5.41) is 2.62. The van der Waals surface area contributed by atoms with Gasteiger partial charge >= 0.3 is 0 Å². The first-order chi connectivity index (χ1) is 35.1. The fourth-order valence-electron chi connectivity index (χ4n) is 12.4. The maximum absolute atomic E-state index is 2.50. The molecule has 1 unspecified atom stereocenters. The number of hydrogen-bond acceptors (Lipinski definition) is 2. The fourth-order valence-corrected chi connectivity index (χ4v) is 13.5. The largest absolute Gasteiger partial charge is 0.310 e. The normalized spacial score (nSPS) is 15.0. The second-order valence-electron chi connectivity index (χ2n) is 19.3. The molecule has 2 aliphatic carbocycles. The lowest BCUT2D eigenvalue weighted by Gasteiger charge is -2.35. The Labute approximate surface area is 419 Å². The molecule has 0 saturated heterocycles. The van der Waals surface area contributed by atoms with Crippen LogP contribution in [0.4, 0.5) is 17.1 Å². The smallest absolute Gasteiger partial charge is 0.0714 e. The highest BCUT2D eigenvalue weighted by molar-refractivity contribution is 7.25. The SMILES string of the molecule is CC1(c2ccccc2)c2cc(N(c3ccc(-c4ccc5sc6ccccc6c5c4)cc3)c3ccc4c(c3)C(c3ccccc3)(c3ccccc3)c3ccccc3-4)ccc2-c2c(-c3ccccc3)cccc21. The highest BCUT2D eigenvalue weighted by Gasteiger charge is 2.47. The number of benzene rings is 11. The first kappa shape index (κ1) is 41.4. The molecule has 71 heavy (non-hydrogen) atoms. The van der Waals surface area contributed by atoms with E-state index in [1.807, 2.05) is 11.3 Å². The molecular weight excluding hydrogens is 875 g/mol. The van der Waals surface area contributed by atoms with Crippen molar-refractivity contribution in [3.63, 3.8) is 0 Å². The number of nitrogens with zero attached hydrogens (tertiary/aromatic N) is 1. The minimum absolute atomic E-state index is 0.415. The summed E-state index contributed by atoms with van der Waals surface area (Å²) in [7, 11) is 0. The molecule has 0 N–H and O–H groups in total. The summed E-state index contributed by atoms with van der Waals surface area (Å²) in [4.78, 5) is 2.50. The predicted octanol–water partition coefficient (Wildman–Crippen LogP) is 18.6. The summed E-state index contributed by atoms with van der Waals surface area (Å²) in [5.74, 6) is 0. The van der Waals surface area contributed by atoms with Crippen LogP contribution in [0, 0.1) is 0 Å². The highest BCUT2D eigenvalue weighted by Crippen LogP contribution is 2.59. The zero-order valence-corrected chi connectivity index (χ0v) is 40.1. The van der Waals surface area contributed by atoms with Crippen molar-refractivity contribution in [2.24, 2.45) is 0 Å². The Morgan fingerprint density at radius 2 is 0.831 bits per heavy atom. The van der Waals surface area contributed by atoms with Gasteiger partial charge < -0.3 is 4.90 Å². The molecule has 1 heterocycles. The van der Waals surface area contributed by atoms with Gasteiger partial charge in [-0.15, -0.1) is 11.3 Å². The van der Waals surface area contributed by atoms with Crippen LogP contribution in [0.3, 0.4) is 0 Å². The molecule has 0 aliphatic heterocycles. The molecule has 1 aromatic heterocycles. The molecule has 0 radical (unpaired) electrons. The topological polar surface area (TPSA) is 3.24 Å². The third-order valence-corrected chi connectivity index (χ3v) is 16.8. The van der Waals surface area contributed by atoms with Gasteiger partial charge in [-0.25, -0.2) is 0 Å². The van der Waals surface area contributed by atoms with Gasteiger partial charge in [-0.2, -0.15) is 0 Å². The summed E-state index contributed by atoms with van der Waals surface area (Å²) >= 11 is 1.86. The molecule has 334 valence electrons. The first-order valence-corrected chi connectivity index (χ1v) is 25.5. The molecule has 2 heteroatoms. The lowest BCUT2D eigenvalue weighted by Crippen LogP contribution is -2.28. The standard InChI is InChI=1S/C69H47NS/c1-68(49-21-8-3-9-22-49)62-31-18-29-55(47-19-6-2-7-20-47)67(62)59-41-39-53(44-63(59)68)70(52-36-33-46(34-37-52)48-35-42-66-60(43-48)58-28-15-17-32-65(58)71-66)54-38-40-57-56-27-14-16-30-61(56)69(64(57)45-54,50-23-10-4-11-24-50)51-25-12-5-13-26-51/h2-45H,1H3. The van der Waals surface area contributed by atoms with Crippen LogP contribution in [0.1, 0.15) is 45.9 Å². The highest BCUT2D eigenvalue weighted by atomic mass is 32.1. The van der Waals surface area contributed by atoms with Crippen LogP contribution in [0.15, 0.2) is 267 Å². The minimum Gasteiger partial charge on any atom is -0.310 e. The molecular formula is C69H47NS. The van der Waals surface area contributed by atoms with Crippen LogP contribution < -0.4 is 4.90 Å². The van der Waals surface area contributed by atoms with Gasteiger partial charge in [0.15, 0.2) is 0 Å². The second-order valence-corrected chi connectivity index (χ2v) is 20.3. The molecule has 0 fully saturated rings. The molecule has 14 rings (SSSR count). The van der Waals surface area contributed by atoms with E-state index in [-0.39, 0.29) is 0 Å². The average Bonchev–Trinajstić information content (AvgIpc) is 4.06. The second kappa shape index (κ2) is 16.3. The van der Waals surface area contributed by atoms with Gasteiger partial charge in [0.1, 0.15) is 0 Å². The molecule has 0 bridgehead atoms. The van der Waals surface area contributed by atoms with Crippen LogP contribution in [-0.2, 0) is 10.8 Å². The Balaban J connectivity index is 0.997. The Hall–Kier alpha value is -8.56. The van der Waals surface area contributed by atoms with E-state index in [4.69, 9.17) is 0 Å². The predicted molar refractivity (Wildman–Crippen MR) is 300 cm³/mol. The molecule has 1 atom stereocenters. The van der Waals surface area contributed by atoms with Crippen molar-refractivity contribution in [2.75, 3.05) is 4.90 Å². The minimum atomic E-state index is -0.538. The van der Waals surface area contributed by atoms with Crippen LogP contribution in [-0.4, -0.2) is 0 Å². The number of hydrogen-bond donors (Lipinski definition) is 0. The van der Waals surface area contributed by atoms with Crippen molar-refractivity contribution in [2.45, 2.75) is 17.8 Å². The van der Waals surface area contributed by atoms with Gasteiger partial charge in [0, 0.05) is 42.6 Å². The van der Waals surface area contributed by atoms with Crippen molar-refractivity contribution in [1.29, 1.82) is 0 Å². The summed E-state index contributed by atoms with van der Waals surface area (Å²) in [6.07, 6.45) is 0. The monoisotopic (exact) mass is 921 g/mol. The molecule has 11 aromatic carbocycles. The average molecular weight is 922 g/mol. The zero-order chi connectivity index (χ0) is 47.1. The number of anilines is 3. The number of thiophene rings is 1. The molecule has 0 saturated carbocycles. The summed E-state index contributed by atoms with van der Waals surface area (Å²) in [6.45, 7) is 2.43. The Bertz CT molecular complexity index is 3950. The van der Waals surface area contributed by atoms with Crippen molar-refractivity contribution in [3.05, 3.63) is 306 Å². The van der Waals surface area contributed by atoms with Gasteiger partial charge in [0.05, 0.1) is 5.41 Å². The van der Waals surface area contributed by atoms with Gasteiger partial charge in [0.25, 0.3) is 0 Å². The van der Waals surface area contributed by atoms with Crippen LogP contribution in [0.25, 0.3) is 64.7 Å². The Morgan fingerprint density at radius 3 is 1.55 bits per heavy atom. The van der Waals surface area contributed by atoms with E-state index in [9.17, 15) is 0 Å². The maximum Gasteiger partial charge on any atom is 0.0714 e. The summed E-state index contributed by atoms with van der Waals surface area (Å²) in [6, 6.07) is 99.6. The van der Waals surface area contributed by atoms with Crippen LogP contribution in [0.2, 0.25) is 0 Å². The number of rotatable bonds is 8. The fraction of sp³-hybridized carbons (Fsp3) is 0.0435. The van der Waals surface area contributed by atoms with E-state index in [0.717, 1.165) is 17.1 Å². The zero-order valence-electron chi connectivity index (χ0n) is 39.3. The van der Waals surface area contributed by atoms with Crippen molar-refractivity contribution < 1.29 is 0 Å². The van der Waals surface area contributed by atoms with Crippen LogP contribution in [0.5, 0.6) is 0 Å². The summed E-state index contributed by atoms with van der Waals surface area (Å²) in [5.41, 5.74) is 21.4. The van der Waals surface area contributed by atoms with Crippen molar-refractivity contribution in [1.82, 2.24) is 0 Å². The van der Waals surface area contributed by atoms with Gasteiger partial charge in [-0.1, -0.05) is 212 Å². The molecule has 12 aromatic rings. The molecule has 1 nitrogen and oxygen atoms in total. The Kier molecular flexibility index (Phi) is 9.49. The van der Waals surface area contributed by atoms with E-state index in [2.05, 4.69) is 279 Å². The number of fused-ring (bicyclic) bond motifs is 9. The van der Waals surface area contributed by atoms with Crippen LogP contribution >= 0.6 is 11.3 Å². The van der Waals surface area contributed by atoms with Gasteiger partial charge in [0.2, 0.25) is 0 Å². The first-order valence-electron chi connectivity index (χ1n) is 24.7. The van der Waals surface area contributed by atoms with E-state index in [0.29, 0.717) is 0 Å². The van der Waals surface area contributed by atoms with Crippen molar-refractivity contribution in [3.8, 4) is 44.5 Å². The van der Waals surface area contributed by atoms with E-state index >= 15 is 0 Å². The Morgan fingerprint density at radius 1 is 0.310 bits per heavy atom. The van der Waals surface area contributed by atoms with Crippen molar-refractivity contribution >= 4 is 48.6 Å². The van der Waals surface area contributed by atoms with E-state index < -0.39 is 10.8 Å². The molecule has 2 aliphatic rings. The van der Waals surface area contributed by atoms with Gasteiger partial charge in [-0.3, -0.25) is 0 Å². The maximum atomic E-state index is 2.50. The third-order valence-electron chi connectivity index (χ3n) is 15.6. The summed E-state index contributed by atoms with van der Waals surface area (Å²) < 4.78 is 2.64. The third kappa shape index (κ3) is 6.24. The van der Waals surface area contributed by atoms with E-state index in [1.165, 1.54) is 104 Å².